The van der Waals surface area contributed by atoms with Crippen molar-refractivity contribution in [1.29, 1.82) is 0 Å². The molecule has 1 aromatic carbocycles. The summed E-state index contributed by atoms with van der Waals surface area (Å²) >= 11 is 3.66. The summed E-state index contributed by atoms with van der Waals surface area (Å²) in [6, 6.07) is 3.74. The number of carbonyl (C=O) groups excluding carboxylic acids is 2. The fourth-order valence-electron chi connectivity index (χ4n) is 5.39. The van der Waals surface area contributed by atoms with Crippen LogP contribution in [0.3, 0.4) is 0 Å². The lowest BCUT2D eigenvalue weighted by Crippen LogP contribution is -2.39. The molecule has 0 aromatic heterocycles. The molecule has 1 aromatic rings. The highest BCUT2D eigenvalue weighted by atomic mass is 79.9. The molecule has 5 rings (SSSR count). The van der Waals surface area contributed by atoms with Crippen molar-refractivity contribution in [3.63, 3.8) is 0 Å². The van der Waals surface area contributed by atoms with Gasteiger partial charge in [0.2, 0.25) is 6.79 Å². The number of benzene rings is 1. The number of dihydropyridines is 1. The van der Waals surface area contributed by atoms with Gasteiger partial charge in [0, 0.05) is 33.8 Å². The molecule has 1 saturated carbocycles. The molecule has 7 heteroatoms. The van der Waals surface area contributed by atoms with Crippen LogP contribution in [-0.2, 0) is 14.3 Å². The van der Waals surface area contributed by atoms with Gasteiger partial charge in [-0.1, -0.05) is 29.8 Å². The number of ether oxygens (including phenoxy) is 3. The van der Waals surface area contributed by atoms with Gasteiger partial charge in [-0.2, -0.15) is 0 Å². The normalized spacial score (nSPS) is 24.5. The number of hydrogen-bond donors (Lipinski definition) is 1. The summed E-state index contributed by atoms with van der Waals surface area (Å²) in [5, 5.41) is 3.40. The average molecular weight is 502 g/mol. The van der Waals surface area contributed by atoms with E-state index in [1.54, 1.807) is 0 Å². The Bertz CT molecular complexity index is 1060. The van der Waals surface area contributed by atoms with Gasteiger partial charge in [0.1, 0.15) is 6.10 Å². The molecule has 1 fully saturated rings. The first kappa shape index (κ1) is 21.6. The number of carbonyl (C=O) groups is 2. The molecule has 6 nitrogen and oxygen atoms in total. The quantitative estimate of drug-likeness (QED) is 0.568. The van der Waals surface area contributed by atoms with Crippen LogP contribution in [0.4, 0.5) is 0 Å². The summed E-state index contributed by atoms with van der Waals surface area (Å²) in [5.74, 6) is 0.467. The maximum atomic E-state index is 13.5. The van der Waals surface area contributed by atoms with Crippen LogP contribution < -0.4 is 14.8 Å². The highest BCUT2D eigenvalue weighted by Crippen LogP contribution is 2.50. The number of ketones is 1. The molecule has 0 spiro atoms. The topological polar surface area (TPSA) is 73.9 Å². The van der Waals surface area contributed by atoms with Crippen molar-refractivity contribution in [2.24, 2.45) is 5.41 Å². The van der Waals surface area contributed by atoms with Crippen LogP contribution in [-0.4, -0.2) is 24.6 Å². The van der Waals surface area contributed by atoms with Crippen molar-refractivity contribution in [2.45, 2.75) is 71.3 Å². The maximum absolute atomic E-state index is 13.5. The monoisotopic (exact) mass is 501 g/mol. The fourth-order valence-corrected chi connectivity index (χ4v) is 5.94. The van der Waals surface area contributed by atoms with Crippen LogP contribution in [0.15, 0.2) is 39.1 Å². The van der Waals surface area contributed by atoms with E-state index in [2.05, 4.69) is 35.1 Å². The minimum absolute atomic E-state index is 0.0555. The second-order valence-electron chi connectivity index (χ2n) is 9.97. The number of hydrogen-bond acceptors (Lipinski definition) is 6. The molecular formula is C25H28BrNO5. The van der Waals surface area contributed by atoms with Gasteiger partial charge in [-0.25, -0.2) is 4.79 Å². The third-order valence-corrected chi connectivity index (χ3v) is 7.53. The molecule has 4 aliphatic rings. The van der Waals surface area contributed by atoms with Gasteiger partial charge in [0.05, 0.1) is 5.57 Å². The van der Waals surface area contributed by atoms with Crippen molar-refractivity contribution >= 4 is 27.7 Å². The van der Waals surface area contributed by atoms with Gasteiger partial charge in [0.25, 0.3) is 0 Å². The molecule has 2 aliphatic carbocycles. The number of fused-ring (bicyclic) bond motifs is 1. The van der Waals surface area contributed by atoms with Crippen molar-refractivity contribution in [3.8, 4) is 11.5 Å². The lowest BCUT2D eigenvalue weighted by atomic mass is 9.68. The zero-order valence-electron chi connectivity index (χ0n) is 18.7. The Hall–Kier alpha value is -2.28. The standard InChI is InChI=1S/C25H28BrNO5/c1-13-21(24(29)32-14-6-4-5-7-14)22(15-8-19-20(9-16(15)26)31-12-30-19)23-17(27-13)10-25(2,3)11-18(23)28/h8-9,14,22,27H,4-7,10-12H2,1-3H3. The van der Waals surface area contributed by atoms with Crippen LogP contribution in [0.25, 0.3) is 0 Å². The Labute approximate surface area is 196 Å². The van der Waals surface area contributed by atoms with Gasteiger partial charge >= 0.3 is 5.97 Å². The molecule has 1 atom stereocenters. The molecular weight excluding hydrogens is 474 g/mol. The Morgan fingerprint density at radius 1 is 1.16 bits per heavy atom. The largest absolute Gasteiger partial charge is 0.459 e. The van der Waals surface area contributed by atoms with Crippen LogP contribution in [0.2, 0.25) is 0 Å². The third kappa shape index (κ3) is 3.74. The predicted octanol–water partition coefficient (Wildman–Crippen LogP) is 5.27. The molecule has 0 saturated heterocycles. The summed E-state index contributed by atoms with van der Waals surface area (Å²) < 4.78 is 17.8. The maximum Gasteiger partial charge on any atom is 0.337 e. The Morgan fingerprint density at radius 2 is 1.84 bits per heavy atom. The first-order valence-corrected chi connectivity index (χ1v) is 12.1. The number of esters is 1. The van der Waals surface area contributed by atoms with Crippen molar-refractivity contribution in [3.05, 3.63) is 44.7 Å². The average Bonchev–Trinajstić information content (AvgIpc) is 3.36. The van der Waals surface area contributed by atoms with Gasteiger partial charge in [-0.3, -0.25) is 4.79 Å². The van der Waals surface area contributed by atoms with E-state index >= 15 is 0 Å². The van der Waals surface area contributed by atoms with Crippen LogP contribution in [0.1, 0.15) is 70.8 Å². The smallest absolute Gasteiger partial charge is 0.337 e. The molecule has 2 aliphatic heterocycles. The van der Waals surface area contributed by atoms with Gasteiger partial charge < -0.3 is 19.5 Å². The van der Waals surface area contributed by atoms with Crippen LogP contribution >= 0.6 is 15.9 Å². The molecule has 0 bridgehead atoms. The highest BCUT2D eigenvalue weighted by molar-refractivity contribution is 9.10. The first-order chi connectivity index (χ1) is 15.2. The van der Waals surface area contributed by atoms with E-state index in [0.29, 0.717) is 29.1 Å². The minimum atomic E-state index is -0.521. The van der Waals surface area contributed by atoms with Crippen LogP contribution in [0.5, 0.6) is 11.5 Å². The molecule has 2 heterocycles. The van der Waals surface area contributed by atoms with E-state index in [1.165, 1.54) is 0 Å². The molecule has 32 heavy (non-hydrogen) atoms. The lowest BCUT2D eigenvalue weighted by Gasteiger charge is -2.39. The Kier molecular flexibility index (Phi) is 5.35. The highest BCUT2D eigenvalue weighted by Gasteiger charge is 2.44. The zero-order chi connectivity index (χ0) is 22.6. The second-order valence-corrected chi connectivity index (χ2v) is 10.8. The van der Waals surface area contributed by atoms with E-state index in [4.69, 9.17) is 14.2 Å². The number of allylic oxidation sites excluding steroid dienone is 3. The summed E-state index contributed by atoms with van der Waals surface area (Å²) in [7, 11) is 0. The second kappa shape index (κ2) is 7.94. The van der Waals surface area contributed by atoms with Crippen molar-refractivity contribution in [2.75, 3.05) is 6.79 Å². The van der Waals surface area contributed by atoms with Gasteiger partial charge in [-0.15, -0.1) is 0 Å². The Balaban J connectivity index is 1.63. The van der Waals surface area contributed by atoms with E-state index < -0.39 is 5.92 Å². The van der Waals surface area contributed by atoms with Gasteiger partial charge in [-0.05, 0) is 62.1 Å². The lowest BCUT2D eigenvalue weighted by molar-refractivity contribution is -0.144. The third-order valence-electron chi connectivity index (χ3n) is 6.84. The number of Topliss-reactive ketones (excluding diaryl/α,β-unsaturated/α-hetero) is 1. The number of halogens is 1. The summed E-state index contributed by atoms with van der Waals surface area (Å²) in [4.78, 5) is 26.9. The van der Waals surface area contributed by atoms with Crippen molar-refractivity contribution in [1.82, 2.24) is 5.32 Å². The SMILES string of the molecule is CC1=C(C(=O)OC2CCCC2)C(c2cc3c(cc2Br)OCO3)C2=C(CC(C)(C)CC2=O)N1. The zero-order valence-corrected chi connectivity index (χ0v) is 20.3. The van der Waals surface area contributed by atoms with E-state index in [1.807, 2.05) is 19.1 Å². The molecule has 1 N–H and O–H groups in total. The summed E-state index contributed by atoms with van der Waals surface area (Å²) in [5.41, 5.74) is 3.48. The summed E-state index contributed by atoms with van der Waals surface area (Å²) in [6.45, 7) is 6.26. The van der Waals surface area contributed by atoms with E-state index in [-0.39, 0.29) is 30.1 Å². The molecule has 1 unspecified atom stereocenters. The van der Waals surface area contributed by atoms with Gasteiger partial charge in [0.15, 0.2) is 17.3 Å². The summed E-state index contributed by atoms with van der Waals surface area (Å²) in [6.07, 6.45) is 5.07. The Morgan fingerprint density at radius 3 is 2.56 bits per heavy atom. The van der Waals surface area contributed by atoms with Crippen LogP contribution in [0, 0.1) is 5.41 Å². The molecule has 170 valence electrons. The molecule has 0 amide bonds. The van der Waals surface area contributed by atoms with Crippen molar-refractivity contribution < 1.29 is 23.8 Å². The first-order valence-electron chi connectivity index (χ1n) is 11.3. The number of nitrogens with one attached hydrogen (secondary N) is 1. The number of rotatable bonds is 3. The van der Waals surface area contributed by atoms with E-state index in [9.17, 15) is 9.59 Å². The predicted molar refractivity (Wildman–Crippen MR) is 122 cm³/mol. The fraction of sp³-hybridized carbons (Fsp3) is 0.520. The van der Waals surface area contributed by atoms with E-state index in [0.717, 1.165) is 53.5 Å². The molecule has 0 radical (unpaired) electrons. The minimum Gasteiger partial charge on any atom is -0.459 e.